The highest BCUT2D eigenvalue weighted by atomic mass is 35.5. The number of fused-ring (bicyclic) bond motifs is 1. The number of nitrogens with two attached hydrogens (primary N) is 1. The molecule has 3 aromatic carbocycles. The lowest BCUT2D eigenvalue weighted by atomic mass is 9.93. The number of likely N-dealkylation sites (tertiary alicyclic amines) is 1. The molecule has 2 N–H and O–H groups in total. The van der Waals surface area contributed by atoms with Crippen LogP contribution in [0.1, 0.15) is 53.1 Å². The van der Waals surface area contributed by atoms with Gasteiger partial charge in [0.15, 0.2) is 0 Å². The normalized spacial score (nSPS) is 14.7. The summed E-state index contributed by atoms with van der Waals surface area (Å²) >= 11 is 12.5. The van der Waals surface area contributed by atoms with E-state index in [1.165, 1.54) is 24.2 Å². The Hall–Kier alpha value is -3.11. The number of primary amides is 1. The Labute approximate surface area is 227 Å². The van der Waals surface area contributed by atoms with Gasteiger partial charge in [-0.2, -0.15) is 5.26 Å². The van der Waals surface area contributed by atoms with Gasteiger partial charge in [-0.15, -0.1) is 0 Å². The van der Waals surface area contributed by atoms with E-state index in [4.69, 9.17) is 28.9 Å². The quantitative estimate of drug-likeness (QED) is 0.385. The largest absolute Gasteiger partial charge is 0.368 e. The molecule has 192 valence electrons. The molecule has 1 fully saturated rings. The molecule has 1 unspecified atom stereocenters. The maximum atomic E-state index is 13.9. The summed E-state index contributed by atoms with van der Waals surface area (Å²) in [5.74, 6) is -1.03. The molecular formula is C29H30Cl2N4O2. The maximum Gasteiger partial charge on any atom is 0.255 e. The molecule has 1 aliphatic rings. The molecule has 1 atom stereocenters. The first-order chi connectivity index (χ1) is 17.9. The molecule has 0 aliphatic carbocycles. The van der Waals surface area contributed by atoms with Gasteiger partial charge in [0.05, 0.1) is 28.2 Å². The zero-order valence-electron chi connectivity index (χ0n) is 20.6. The lowest BCUT2D eigenvalue weighted by Gasteiger charge is -2.31. The second-order valence-corrected chi connectivity index (χ2v) is 10.4. The molecule has 0 spiro atoms. The van der Waals surface area contributed by atoms with E-state index in [1.54, 1.807) is 18.2 Å². The highest BCUT2D eigenvalue weighted by Crippen LogP contribution is 2.30. The second-order valence-electron chi connectivity index (χ2n) is 9.57. The first kappa shape index (κ1) is 26.9. The van der Waals surface area contributed by atoms with Crippen molar-refractivity contribution in [2.45, 2.75) is 31.6 Å². The van der Waals surface area contributed by atoms with Crippen molar-refractivity contribution >= 4 is 45.8 Å². The van der Waals surface area contributed by atoms with E-state index in [2.05, 4.69) is 11.0 Å². The van der Waals surface area contributed by atoms with Crippen LogP contribution >= 0.6 is 23.2 Å². The van der Waals surface area contributed by atoms with E-state index in [-0.39, 0.29) is 24.9 Å². The van der Waals surface area contributed by atoms with E-state index in [1.807, 2.05) is 36.4 Å². The van der Waals surface area contributed by atoms with Crippen LogP contribution in [-0.2, 0) is 4.79 Å². The van der Waals surface area contributed by atoms with Crippen LogP contribution in [0.25, 0.3) is 10.8 Å². The van der Waals surface area contributed by atoms with Crippen molar-refractivity contribution in [3.63, 3.8) is 0 Å². The fourth-order valence-corrected chi connectivity index (χ4v) is 5.35. The van der Waals surface area contributed by atoms with Crippen LogP contribution in [0.3, 0.4) is 0 Å². The number of nitriles is 1. The minimum absolute atomic E-state index is 0.0922. The summed E-state index contributed by atoms with van der Waals surface area (Å²) in [5, 5.41) is 12.0. The molecule has 1 heterocycles. The number of nitrogens with zero attached hydrogens (tertiary/aromatic N) is 3. The Bertz CT molecular complexity index is 1330. The topological polar surface area (TPSA) is 90.4 Å². The predicted molar refractivity (Wildman–Crippen MR) is 148 cm³/mol. The molecule has 6 nitrogen and oxygen atoms in total. The summed E-state index contributed by atoms with van der Waals surface area (Å²) in [6, 6.07) is 18.4. The van der Waals surface area contributed by atoms with Crippen LogP contribution in [0.2, 0.25) is 10.0 Å². The van der Waals surface area contributed by atoms with E-state index in [0.29, 0.717) is 21.2 Å². The summed E-state index contributed by atoms with van der Waals surface area (Å²) in [6.07, 6.45) is 4.40. The number of rotatable bonds is 9. The molecule has 0 saturated carbocycles. The fraction of sp³-hybridized carbons (Fsp3) is 0.345. The standard InChI is InChI=1S/C29H30Cl2N4O2/c30-26-9-8-21(16-27(26)31)23(10-13-34-11-4-1-5-12-34)18-35(19-28(33)36)29(37)25-15-20(17-32)14-22-6-2-3-7-24(22)25/h2-3,6-9,14-16,23H,1,4-5,10-13,18-19H2,(H2,33,36). The van der Waals surface area contributed by atoms with Crippen LogP contribution in [0.4, 0.5) is 0 Å². The van der Waals surface area contributed by atoms with Gasteiger partial charge in [0.25, 0.3) is 5.91 Å². The number of benzene rings is 3. The number of piperidine rings is 1. The summed E-state index contributed by atoms with van der Waals surface area (Å²) in [6.45, 7) is 3.04. The van der Waals surface area contributed by atoms with Gasteiger partial charge in [0.2, 0.25) is 5.91 Å². The van der Waals surface area contributed by atoms with Gasteiger partial charge >= 0.3 is 0 Å². The zero-order valence-corrected chi connectivity index (χ0v) is 22.1. The minimum atomic E-state index is -0.599. The van der Waals surface area contributed by atoms with Gasteiger partial charge in [-0.25, -0.2) is 0 Å². The van der Waals surface area contributed by atoms with Gasteiger partial charge < -0.3 is 15.5 Å². The van der Waals surface area contributed by atoms with Crippen LogP contribution < -0.4 is 5.73 Å². The lowest BCUT2D eigenvalue weighted by Crippen LogP contribution is -2.41. The van der Waals surface area contributed by atoms with Crippen molar-refractivity contribution < 1.29 is 9.59 Å². The molecule has 1 aliphatic heterocycles. The first-order valence-electron chi connectivity index (χ1n) is 12.5. The van der Waals surface area contributed by atoms with E-state index < -0.39 is 5.91 Å². The van der Waals surface area contributed by atoms with Gasteiger partial charge in [-0.3, -0.25) is 9.59 Å². The fourth-order valence-electron chi connectivity index (χ4n) is 5.05. The van der Waals surface area contributed by atoms with Crippen LogP contribution in [0.15, 0.2) is 54.6 Å². The Morgan fingerprint density at radius 1 is 1.03 bits per heavy atom. The molecule has 2 amide bonds. The van der Waals surface area contributed by atoms with Crippen molar-refractivity contribution in [2.24, 2.45) is 5.73 Å². The average molecular weight is 537 g/mol. The predicted octanol–water partition coefficient (Wildman–Crippen LogP) is 5.61. The monoisotopic (exact) mass is 536 g/mol. The average Bonchev–Trinajstić information content (AvgIpc) is 2.91. The molecular weight excluding hydrogens is 507 g/mol. The molecule has 37 heavy (non-hydrogen) atoms. The summed E-state index contributed by atoms with van der Waals surface area (Å²) < 4.78 is 0. The number of carbonyl (C=O) groups excluding carboxylic acids is 2. The number of hydrogen-bond donors (Lipinski definition) is 1. The Morgan fingerprint density at radius 2 is 1.78 bits per heavy atom. The summed E-state index contributed by atoms with van der Waals surface area (Å²) in [7, 11) is 0. The number of halogens is 2. The number of carbonyl (C=O) groups is 2. The third-order valence-corrected chi connectivity index (χ3v) is 7.69. The third kappa shape index (κ3) is 6.81. The highest BCUT2D eigenvalue weighted by molar-refractivity contribution is 6.42. The molecule has 0 aromatic heterocycles. The molecule has 4 rings (SSSR count). The van der Waals surface area contributed by atoms with Crippen molar-refractivity contribution in [1.29, 1.82) is 5.26 Å². The Kier molecular flexibility index (Phi) is 9.04. The van der Waals surface area contributed by atoms with E-state index in [0.717, 1.165) is 42.4 Å². The molecule has 8 heteroatoms. The summed E-state index contributed by atoms with van der Waals surface area (Å²) in [5.41, 5.74) is 7.30. The van der Waals surface area contributed by atoms with Gasteiger partial charge in [0.1, 0.15) is 0 Å². The van der Waals surface area contributed by atoms with E-state index in [9.17, 15) is 14.9 Å². The molecule has 1 saturated heterocycles. The highest BCUT2D eigenvalue weighted by Gasteiger charge is 2.26. The first-order valence-corrected chi connectivity index (χ1v) is 13.3. The minimum Gasteiger partial charge on any atom is -0.368 e. The van der Waals surface area contributed by atoms with Crippen LogP contribution in [0.5, 0.6) is 0 Å². The third-order valence-electron chi connectivity index (χ3n) is 6.95. The number of amides is 2. The summed E-state index contributed by atoms with van der Waals surface area (Å²) in [4.78, 5) is 29.9. The number of hydrogen-bond acceptors (Lipinski definition) is 4. The van der Waals surface area contributed by atoms with Gasteiger partial charge in [0, 0.05) is 18.0 Å². The smallest absolute Gasteiger partial charge is 0.255 e. The Balaban J connectivity index is 1.68. The molecule has 0 radical (unpaired) electrons. The van der Waals surface area contributed by atoms with Crippen molar-refractivity contribution in [1.82, 2.24) is 9.80 Å². The maximum absolute atomic E-state index is 13.9. The second kappa shape index (κ2) is 12.4. The van der Waals surface area contributed by atoms with Gasteiger partial charge in [-0.1, -0.05) is 60.0 Å². The molecule has 0 bridgehead atoms. The van der Waals surface area contributed by atoms with Crippen LogP contribution in [-0.4, -0.2) is 54.3 Å². The zero-order chi connectivity index (χ0) is 26.4. The lowest BCUT2D eigenvalue weighted by molar-refractivity contribution is -0.118. The van der Waals surface area contributed by atoms with Crippen molar-refractivity contribution in [3.05, 3.63) is 81.3 Å². The van der Waals surface area contributed by atoms with E-state index >= 15 is 0 Å². The van der Waals surface area contributed by atoms with Crippen molar-refractivity contribution in [3.8, 4) is 6.07 Å². The SMILES string of the molecule is N#Cc1cc(C(=O)N(CC(N)=O)CC(CCN2CCCCC2)c2ccc(Cl)c(Cl)c2)c2ccccc2c1. The molecule has 3 aromatic rings. The van der Waals surface area contributed by atoms with Gasteiger partial charge in [-0.05, 0) is 79.5 Å². The van der Waals surface area contributed by atoms with Crippen LogP contribution in [0, 0.1) is 11.3 Å². The van der Waals surface area contributed by atoms with Crippen molar-refractivity contribution in [2.75, 3.05) is 32.7 Å². The Morgan fingerprint density at radius 3 is 2.49 bits per heavy atom.